The van der Waals surface area contributed by atoms with Gasteiger partial charge in [-0.25, -0.2) is 4.79 Å². The van der Waals surface area contributed by atoms with E-state index < -0.39 is 66.4 Å². The number of amides is 3. The summed E-state index contributed by atoms with van der Waals surface area (Å²) < 4.78 is 0. The van der Waals surface area contributed by atoms with Crippen LogP contribution in [-0.2, 0) is 24.0 Å². The van der Waals surface area contributed by atoms with E-state index in [2.05, 4.69) is 16.0 Å². The second-order valence-electron chi connectivity index (χ2n) is 7.34. The minimum absolute atomic E-state index is 0.101. The topological polar surface area (TPSA) is 208 Å². The molecule has 0 fully saturated rings. The van der Waals surface area contributed by atoms with Crippen molar-refractivity contribution in [3.63, 3.8) is 0 Å². The van der Waals surface area contributed by atoms with Gasteiger partial charge in [0.05, 0.1) is 18.6 Å². The van der Waals surface area contributed by atoms with Crippen molar-refractivity contribution in [2.75, 3.05) is 12.0 Å². The van der Waals surface area contributed by atoms with Crippen molar-refractivity contribution < 1.29 is 39.3 Å². The molecule has 31 heavy (non-hydrogen) atoms. The van der Waals surface area contributed by atoms with Crippen LogP contribution in [0.25, 0.3) is 0 Å². The molecule has 0 aliphatic carbocycles. The van der Waals surface area contributed by atoms with E-state index in [0.29, 0.717) is 5.75 Å². The predicted molar refractivity (Wildman–Crippen MR) is 113 cm³/mol. The van der Waals surface area contributed by atoms with E-state index in [0.717, 1.165) is 0 Å². The van der Waals surface area contributed by atoms with Crippen LogP contribution in [-0.4, -0.2) is 87.3 Å². The second-order valence-corrected chi connectivity index (χ2v) is 8.32. The number of hydrogen-bond donors (Lipinski definition) is 7. The Morgan fingerprint density at radius 3 is 1.87 bits per heavy atom. The third-order valence-electron chi connectivity index (χ3n) is 4.32. The van der Waals surface area contributed by atoms with Crippen molar-refractivity contribution in [1.29, 1.82) is 0 Å². The third-order valence-corrected chi connectivity index (χ3v) is 4.96. The molecule has 12 nitrogen and oxygen atoms in total. The first-order chi connectivity index (χ1) is 14.3. The molecule has 0 saturated carbocycles. The van der Waals surface area contributed by atoms with E-state index in [-0.39, 0.29) is 12.3 Å². The molecule has 8 N–H and O–H groups in total. The van der Waals surface area contributed by atoms with E-state index in [1.165, 1.54) is 18.7 Å². The van der Waals surface area contributed by atoms with E-state index in [1.807, 2.05) is 0 Å². The van der Waals surface area contributed by atoms with Crippen molar-refractivity contribution in [1.82, 2.24) is 16.0 Å². The summed E-state index contributed by atoms with van der Waals surface area (Å²) in [5, 5.41) is 34.7. The number of nitrogens with one attached hydrogen (secondary N) is 3. The first-order valence-electron chi connectivity index (χ1n) is 9.60. The van der Waals surface area contributed by atoms with Gasteiger partial charge < -0.3 is 37.0 Å². The zero-order valence-corrected chi connectivity index (χ0v) is 18.8. The smallest absolute Gasteiger partial charge is 0.326 e. The molecule has 0 aliphatic heterocycles. The molecular formula is C18H32N4O8S. The lowest BCUT2D eigenvalue weighted by atomic mass is 10.0. The normalized spacial score (nSPS) is 15.8. The van der Waals surface area contributed by atoms with Gasteiger partial charge in [0.1, 0.15) is 18.1 Å². The Balaban J connectivity index is 5.42. The van der Waals surface area contributed by atoms with Crippen LogP contribution in [0.4, 0.5) is 0 Å². The van der Waals surface area contributed by atoms with Crippen molar-refractivity contribution >= 4 is 41.4 Å². The number of nitrogens with two attached hydrogens (primary N) is 1. The Morgan fingerprint density at radius 1 is 0.903 bits per heavy atom. The minimum atomic E-state index is -1.69. The number of carboxylic acid groups (broad SMARTS) is 2. The summed E-state index contributed by atoms with van der Waals surface area (Å²) in [6.45, 7) is 4.69. The molecule has 0 radical (unpaired) electrons. The highest BCUT2D eigenvalue weighted by Crippen LogP contribution is 2.06. The van der Waals surface area contributed by atoms with Crippen molar-refractivity contribution in [3.05, 3.63) is 0 Å². The molecular weight excluding hydrogens is 432 g/mol. The lowest BCUT2D eigenvalue weighted by Gasteiger charge is -2.26. The van der Waals surface area contributed by atoms with Crippen LogP contribution in [0, 0.1) is 5.92 Å². The van der Waals surface area contributed by atoms with Crippen LogP contribution in [0.15, 0.2) is 0 Å². The van der Waals surface area contributed by atoms with Gasteiger partial charge in [0, 0.05) is 0 Å². The molecule has 5 unspecified atom stereocenters. The van der Waals surface area contributed by atoms with Crippen LogP contribution in [0.2, 0.25) is 0 Å². The minimum Gasteiger partial charge on any atom is -0.481 e. The molecule has 0 spiro atoms. The number of rotatable bonds is 14. The van der Waals surface area contributed by atoms with Gasteiger partial charge in [0.25, 0.3) is 0 Å². The lowest BCUT2D eigenvalue weighted by Crippen LogP contribution is -2.60. The van der Waals surface area contributed by atoms with Gasteiger partial charge in [-0.1, -0.05) is 13.8 Å². The number of carboxylic acids is 2. The lowest BCUT2D eigenvalue weighted by molar-refractivity contribution is -0.147. The van der Waals surface area contributed by atoms with E-state index >= 15 is 0 Å². The van der Waals surface area contributed by atoms with Crippen molar-refractivity contribution in [3.8, 4) is 0 Å². The van der Waals surface area contributed by atoms with Crippen molar-refractivity contribution in [2.24, 2.45) is 11.7 Å². The fourth-order valence-corrected chi connectivity index (χ4v) is 2.84. The highest BCUT2D eigenvalue weighted by molar-refractivity contribution is 7.98. The summed E-state index contributed by atoms with van der Waals surface area (Å²) in [6, 6.07) is -5.23. The molecule has 0 bridgehead atoms. The molecule has 0 rings (SSSR count). The first kappa shape index (κ1) is 28.6. The Kier molecular flexibility index (Phi) is 12.8. The van der Waals surface area contributed by atoms with Gasteiger partial charge in [0.2, 0.25) is 17.7 Å². The monoisotopic (exact) mass is 464 g/mol. The fourth-order valence-electron chi connectivity index (χ4n) is 2.37. The SMILES string of the molecule is CSCCC(NC(=O)C(NC(=O)C(N)C(C)C)C(C)O)C(=O)NC(CC(=O)O)C(=O)O. The molecule has 0 aliphatic rings. The molecule has 5 atom stereocenters. The molecule has 0 aromatic carbocycles. The number of thioether (sulfide) groups is 1. The number of aliphatic carboxylic acids is 2. The fraction of sp³-hybridized carbons (Fsp3) is 0.722. The highest BCUT2D eigenvalue weighted by Gasteiger charge is 2.33. The zero-order chi connectivity index (χ0) is 24.3. The average Bonchev–Trinajstić information content (AvgIpc) is 2.66. The summed E-state index contributed by atoms with van der Waals surface area (Å²) >= 11 is 1.37. The van der Waals surface area contributed by atoms with Crippen LogP contribution >= 0.6 is 11.8 Å². The summed E-state index contributed by atoms with van der Waals surface area (Å²) in [5.41, 5.74) is 5.75. The number of hydrogen-bond acceptors (Lipinski definition) is 8. The van der Waals surface area contributed by atoms with E-state index in [4.69, 9.17) is 15.9 Å². The third kappa shape index (κ3) is 10.5. The summed E-state index contributed by atoms with van der Waals surface area (Å²) in [7, 11) is 0. The highest BCUT2D eigenvalue weighted by atomic mass is 32.2. The van der Waals surface area contributed by atoms with Crippen LogP contribution < -0.4 is 21.7 Å². The standard InChI is InChI=1S/C18H32N4O8S/c1-8(2)13(19)16(27)22-14(9(3)23)17(28)20-10(5-6-31-4)15(26)21-11(18(29)30)7-12(24)25/h8-11,13-14,23H,5-7,19H2,1-4H3,(H,20,28)(H,21,26)(H,22,27)(H,24,25)(H,29,30). The first-order valence-corrected chi connectivity index (χ1v) is 11.0. The van der Waals surface area contributed by atoms with Gasteiger partial charge in [0.15, 0.2) is 0 Å². The summed E-state index contributed by atoms with van der Waals surface area (Å²) in [4.78, 5) is 59.4. The summed E-state index contributed by atoms with van der Waals surface area (Å²) in [6.07, 6.45) is -0.298. The largest absolute Gasteiger partial charge is 0.481 e. The van der Waals surface area contributed by atoms with Gasteiger partial charge in [-0.2, -0.15) is 11.8 Å². The van der Waals surface area contributed by atoms with E-state index in [9.17, 15) is 29.1 Å². The number of carbonyl (C=O) groups excluding carboxylic acids is 3. The van der Waals surface area contributed by atoms with E-state index in [1.54, 1.807) is 20.1 Å². The Morgan fingerprint density at radius 2 is 1.45 bits per heavy atom. The molecule has 0 saturated heterocycles. The van der Waals surface area contributed by atoms with Gasteiger partial charge in [-0.3, -0.25) is 19.2 Å². The van der Waals surface area contributed by atoms with Crippen LogP contribution in [0.1, 0.15) is 33.6 Å². The van der Waals surface area contributed by atoms with Crippen LogP contribution in [0.3, 0.4) is 0 Å². The Hall–Kier alpha value is -2.38. The molecule has 13 heteroatoms. The maximum Gasteiger partial charge on any atom is 0.326 e. The summed E-state index contributed by atoms with van der Waals surface area (Å²) in [5.74, 6) is -5.19. The number of carbonyl (C=O) groups is 5. The van der Waals surface area contributed by atoms with Crippen molar-refractivity contribution in [2.45, 2.75) is 63.9 Å². The number of aliphatic hydroxyl groups is 1. The molecule has 0 aromatic heterocycles. The second kappa shape index (κ2) is 13.8. The quantitative estimate of drug-likeness (QED) is 0.152. The Labute approximate surface area is 184 Å². The Bertz CT molecular complexity index is 658. The number of aliphatic hydroxyl groups excluding tert-OH is 1. The molecule has 178 valence electrons. The maximum atomic E-state index is 12.7. The zero-order valence-electron chi connectivity index (χ0n) is 18.0. The van der Waals surface area contributed by atoms with Gasteiger partial charge in [-0.05, 0) is 31.3 Å². The molecule has 0 heterocycles. The predicted octanol–water partition coefficient (Wildman–Crippen LogP) is -1.88. The molecule has 3 amide bonds. The maximum absolute atomic E-state index is 12.7. The van der Waals surface area contributed by atoms with Crippen LogP contribution in [0.5, 0.6) is 0 Å². The molecule has 0 aromatic rings. The average molecular weight is 465 g/mol. The van der Waals surface area contributed by atoms with Gasteiger partial charge in [-0.15, -0.1) is 0 Å². The van der Waals surface area contributed by atoms with Gasteiger partial charge >= 0.3 is 11.9 Å².